The van der Waals surface area contributed by atoms with Crippen LogP contribution in [0.3, 0.4) is 0 Å². The smallest absolute Gasteiger partial charge is 0.247 e. The summed E-state index contributed by atoms with van der Waals surface area (Å²) in [6.45, 7) is 2.84. The second kappa shape index (κ2) is 8.33. The summed E-state index contributed by atoms with van der Waals surface area (Å²) in [7, 11) is -2.43. The van der Waals surface area contributed by atoms with Crippen LogP contribution < -0.4 is 4.74 Å². The van der Waals surface area contributed by atoms with Crippen LogP contribution in [0.1, 0.15) is 44.6 Å². The first-order valence-electron chi connectivity index (χ1n) is 8.47. The zero-order chi connectivity index (χ0) is 15.8. The van der Waals surface area contributed by atoms with Crippen LogP contribution in [-0.2, 0) is 0 Å². The van der Waals surface area contributed by atoms with Gasteiger partial charge in [0.15, 0.2) is 0 Å². The Kier molecular flexibility index (Phi) is 6.44. The predicted molar refractivity (Wildman–Crippen MR) is 90.2 cm³/mol. The van der Waals surface area contributed by atoms with Crippen LogP contribution in [0.5, 0.6) is 5.75 Å². The van der Waals surface area contributed by atoms with Crippen molar-refractivity contribution in [2.75, 3.05) is 6.61 Å². The average molecular weight is 319 g/mol. The molecule has 0 aromatic heterocycles. The summed E-state index contributed by atoms with van der Waals surface area (Å²) >= 11 is 0. The van der Waals surface area contributed by atoms with E-state index in [9.17, 15) is 4.11 Å². The molecule has 2 rings (SSSR count). The van der Waals surface area contributed by atoms with Gasteiger partial charge >= 0.3 is 0 Å². The Hall–Kier alpha value is -1.34. The average Bonchev–Trinajstić information content (AvgIpc) is 2.55. The van der Waals surface area contributed by atoms with Gasteiger partial charge in [0.25, 0.3) is 0 Å². The lowest BCUT2D eigenvalue weighted by Gasteiger charge is -2.31. The van der Waals surface area contributed by atoms with Gasteiger partial charge in [-0.3, -0.25) is 0 Å². The largest absolute Gasteiger partial charge is 0.493 e. The number of benzene rings is 1. The van der Waals surface area contributed by atoms with Crippen molar-refractivity contribution in [2.45, 2.75) is 57.2 Å². The van der Waals surface area contributed by atoms with Crippen molar-refractivity contribution in [3.05, 3.63) is 29.8 Å². The molecule has 0 amide bonds. The molecule has 22 heavy (non-hydrogen) atoms. The first-order chi connectivity index (χ1) is 10.6. The van der Waals surface area contributed by atoms with Gasteiger partial charge in [-0.2, -0.15) is 5.26 Å². The second-order valence-corrected chi connectivity index (χ2v) is 10.3. The van der Waals surface area contributed by atoms with Crippen LogP contribution in [0.2, 0.25) is 18.1 Å². The topological polar surface area (TPSA) is 33.0 Å². The second-order valence-electron chi connectivity index (χ2n) is 6.50. The third-order valence-corrected chi connectivity index (χ3v) is 8.32. The molecular weight excluding hydrogens is 293 g/mol. The van der Waals surface area contributed by atoms with E-state index < -0.39 is 8.41 Å². The van der Waals surface area contributed by atoms with Gasteiger partial charge in [-0.05, 0) is 61.2 Å². The highest BCUT2D eigenvalue weighted by Gasteiger charge is 2.38. The molecule has 1 aromatic rings. The minimum atomic E-state index is -2.43. The molecule has 0 atom stereocenters. The summed E-state index contributed by atoms with van der Waals surface area (Å²) in [4.78, 5) is 0. The van der Waals surface area contributed by atoms with Crippen molar-refractivity contribution < 1.29 is 8.84 Å². The minimum absolute atomic E-state index is 0.484. The highest BCUT2D eigenvalue weighted by Crippen LogP contribution is 2.37. The molecule has 1 aliphatic rings. The first kappa shape index (κ1) is 17.0. The number of nitriles is 1. The van der Waals surface area contributed by atoms with E-state index in [1.165, 1.54) is 12.8 Å². The maximum atomic E-state index is 14.8. The van der Waals surface area contributed by atoms with E-state index in [1.54, 1.807) is 12.1 Å². The SMILES string of the molecule is CCCCC[Si@]1(F)CC[C@@H](COc2ccc(C#N)cc2)CC1. The summed E-state index contributed by atoms with van der Waals surface area (Å²) in [6, 6.07) is 11.8. The van der Waals surface area contributed by atoms with Crippen molar-refractivity contribution in [3.8, 4) is 11.8 Å². The summed E-state index contributed by atoms with van der Waals surface area (Å²) in [6.07, 6.45) is 5.37. The molecule has 1 aliphatic heterocycles. The van der Waals surface area contributed by atoms with Gasteiger partial charge in [-0.25, -0.2) is 0 Å². The summed E-state index contributed by atoms with van der Waals surface area (Å²) < 4.78 is 20.6. The lowest BCUT2D eigenvalue weighted by molar-refractivity contribution is 0.233. The summed E-state index contributed by atoms with van der Waals surface area (Å²) in [5.41, 5.74) is 0.644. The molecule has 120 valence electrons. The number of nitrogens with zero attached hydrogens (tertiary/aromatic N) is 1. The van der Waals surface area contributed by atoms with E-state index >= 15 is 0 Å². The molecule has 0 spiro atoms. The van der Waals surface area contributed by atoms with Crippen molar-refractivity contribution in [2.24, 2.45) is 5.92 Å². The molecular formula is C18H26FNOSi. The highest BCUT2D eigenvalue weighted by atomic mass is 28.4. The molecule has 1 heterocycles. The van der Waals surface area contributed by atoms with E-state index in [2.05, 4.69) is 13.0 Å². The quantitative estimate of drug-likeness (QED) is 0.380. The van der Waals surface area contributed by atoms with Crippen molar-refractivity contribution in [3.63, 3.8) is 0 Å². The van der Waals surface area contributed by atoms with Crippen molar-refractivity contribution in [1.29, 1.82) is 5.26 Å². The van der Waals surface area contributed by atoms with Crippen LogP contribution in [0.25, 0.3) is 0 Å². The number of rotatable bonds is 7. The van der Waals surface area contributed by atoms with E-state index in [0.29, 0.717) is 18.1 Å². The zero-order valence-electron chi connectivity index (χ0n) is 13.5. The first-order valence-corrected chi connectivity index (χ1v) is 11.0. The fourth-order valence-corrected chi connectivity index (χ4v) is 6.63. The van der Waals surface area contributed by atoms with Crippen LogP contribution in [0.15, 0.2) is 24.3 Å². The normalized spacial score (nSPS) is 24.7. The molecule has 4 heteroatoms. The minimum Gasteiger partial charge on any atom is -0.493 e. The van der Waals surface area contributed by atoms with Crippen LogP contribution >= 0.6 is 0 Å². The van der Waals surface area contributed by atoms with Gasteiger partial charge in [-0.15, -0.1) is 0 Å². The standard InChI is InChI=1S/C18H26FNOSi/c1-2-3-4-11-22(19)12-9-17(10-13-22)15-21-18-7-5-16(14-20)6-8-18/h5-8,17H,2-4,9-13,15H2,1H3/t17-,22+. The van der Waals surface area contributed by atoms with Crippen molar-refractivity contribution >= 4 is 8.41 Å². The van der Waals surface area contributed by atoms with E-state index in [4.69, 9.17) is 10.00 Å². The zero-order valence-corrected chi connectivity index (χ0v) is 14.5. The van der Waals surface area contributed by atoms with Crippen molar-refractivity contribution in [1.82, 2.24) is 0 Å². The molecule has 1 fully saturated rings. The Morgan fingerprint density at radius 2 is 1.91 bits per heavy atom. The lowest BCUT2D eigenvalue weighted by atomic mass is 10.0. The molecule has 0 N–H and O–H groups in total. The molecule has 2 nitrogen and oxygen atoms in total. The predicted octanol–water partition coefficient (Wildman–Crippen LogP) is 5.45. The third-order valence-electron chi connectivity index (χ3n) is 4.70. The molecule has 0 radical (unpaired) electrons. The number of hydrogen-bond acceptors (Lipinski definition) is 2. The Morgan fingerprint density at radius 3 is 2.50 bits per heavy atom. The molecule has 0 bridgehead atoms. The summed E-state index contributed by atoms with van der Waals surface area (Å²) in [5.74, 6) is 1.29. The van der Waals surface area contributed by atoms with Crippen LogP contribution in [0.4, 0.5) is 4.11 Å². The molecule has 1 aromatic carbocycles. The van der Waals surface area contributed by atoms with Crippen LogP contribution in [-0.4, -0.2) is 15.0 Å². The van der Waals surface area contributed by atoms with Gasteiger partial charge in [0, 0.05) is 0 Å². The number of halogens is 1. The van der Waals surface area contributed by atoms with Gasteiger partial charge < -0.3 is 8.84 Å². The number of ether oxygens (including phenoxy) is 1. The number of hydrogen-bond donors (Lipinski definition) is 0. The van der Waals surface area contributed by atoms with Gasteiger partial charge in [0.05, 0.1) is 18.2 Å². The van der Waals surface area contributed by atoms with E-state index in [-0.39, 0.29) is 0 Å². The monoisotopic (exact) mass is 319 g/mol. The van der Waals surface area contributed by atoms with Crippen LogP contribution in [0, 0.1) is 17.2 Å². The Bertz CT molecular complexity index is 489. The maximum absolute atomic E-state index is 14.8. The third kappa shape index (κ3) is 5.13. The lowest BCUT2D eigenvalue weighted by Crippen LogP contribution is -2.35. The van der Waals surface area contributed by atoms with Gasteiger partial charge in [0.2, 0.25) is 8.41 Å². The molecule has 0 saturated carbocycles. The molecule has 0 aliphatic carbocycles. The van der Waals surface area contributed by atoms with Gasteiger partial charge in [-0.1, -0.05) is 26.2 Å². The van der Waals surface area contributed by atoms with Gasteiger partial charge in [0.1, 0.15) is 5.75 Å². The van der Waals surface area contributed by atoms with E-state index in [0.717, 1.165) is 43.1 Å². The maximum Gasteiger partial charge on any atom is 0.247 e. The fraction of sp³-hybridized carbons (Fsp3) is 0.611. The summed E-state index contributed by atoms with van der Waals surface area (Å²) in [5, 5.41) is 8.77. The Labute approximate surface area is 134 Å². The Balaban J connectivity index is 1.71. The molecule has 0 unspecified atom stereocenters. The molecule has 1 saturated heterocycles. The fourth-order valence-electron chi connectivity index (χ4n) is 3.14. The highest BCUT2D eigenvalue weighted by molar-refractivity contribution is 6.73. The number of unbranched alkanes of at least 4 members (excludes halogenated alkanes) is 2. The Morgan fingerprint density at radius 1 is 1.23 bits per heavy atom. The van der Waals surface area contributed by atoms with E-state index in [1.807, 2.05) is 12.1 Å².